The Morgan fingerprint density at radius 2 is 0.688 bits per heavy atom. The van der Waals surface area contributed by atoms with Crippen molar-refractivity contribution in [2.75, 3.05) is 98.5 Å². The van der Waals surface area contributed by atoms with Crippen LogP contribution in [0.3, 0.4) is 0 Å². The minimum absolute atomic E-state index is 0.182. The zero-order valence-corrected chi connectivity index (χ0v) is 26.6. The van der Waals surface area contributed by atoms with Gasteiger partial charge in [0.2, 0.25) is 0 Å². The normalized spacial score (nSPS) is 14.8. The fraction of sp³-hybridized carbons (Fsp3) is 0.778. The Balaban J connectivity index is 5.52. The number of carboxylic acid groups (broad SMARTS) is 6. The third-order valence-corrected chi connectivity index (χ3v) is 6.47. The van der Waals surface area contributed by atoms with Gasteiger partial charge in [0.1, 0.15) is 0 Å². The van der Waals surface area contributed by atoms with E-state index in [4.69, 9.17) is 44.8 Å². The summed E-state index contributed by atoms with van der Waals surface area (Å²) in [6, 6.07) is 0. The van der Waals surface area contributed by atoms with E-state index in [0.717, 1.165) is 14.7 Å². The fourth-order valence-corrected chi connectivity index (χ4v) is 4.42. The second-order valence-electron chi connectivity index (χ2n) is 11.2. The van der Waals surface area contributed by atoms with Gasteiger partial charge >= 0.3 is 35.8 Å². The predicted octanol–water partition coefficient (Wildman–Crippen LogP) is -4.07. The average Bonchev–Trinajstić information content (AvgIpc) is 2.90. The standard InChI is InChI=1S/C27H47N3O18/c1-2-27(15-46-12-18(31)3-28(6-21(34)35)7-22(36)37,16-47-13-19(32)4-29(8-23(38)39)9-24(40)41)17-48-14-20(33)5-30(10-25(42)43)11-26(44)45/h18-20,31-33H,2-17H2,1H3,(H,34,35)(H,36,37)(H,38,39)(H,40,41)(H,42,43)(H,44,45). The molecule has 0 saturated heterocycles. The lowest BCUT2D eigenvalue weighted by atomic mass is 9.88. The first kappa shape index (κ1) is 44.5. The van der Waals surface area contributed by atoms with Crippen molar-refractivity contribution in [3.63, 3.8) is 0 Å². The van der Waals surface area contributed by atoms with Crippen molar-refractivity contribution < 1.29 is 88.9 Å². The molecule has 0 aromatic heterocycles. The highest BCUT2D eigenvalue weighted by molar-refractivity contribution is 5.73. The Morgan fingerprint density at radius 3 is 0.854 bits per heavy atom. The largest absolute Gasteiger partial charge is 0.480 e. The molecular weight excluding hydrogens is 654 g/mol. The van der Waals surface area contributed by atoms with Crippen LogP contribution >= 0.6 is 0 Å². The smallest absolute Gasteiger partial charge is 0.317 e. The number of aliphatic hydroxyl groups is 3. The van der Waals surface area contributed by atoms with Crippen LogP contribution in [0, 0.1) is 5.41 Å². The molecule has 0 spiro atoms. The summed E-state index contributed by atoms with van der Waals surface area (Å²) < 4.78 is 16.9. The van der Waals surface area contributed by atoms with Crippen molar-refractivity contribution in [2.24, 2.45) is 5.41 Å². The minimum Gasteiger partial charge on any atom is -0.480 e. The summed E-state index contributed by atoms with van der Waals surface area (Å²) >= 11 is 0. The zero-order valence-electron chi connectivity index (χ0n) is 26.6. The summed E-state index contributed by atoms with van der Waals surface area (Å²) in [5.41, 5.74) is -1.04. The van der Waals surface area contributed by atoms with Gasteiger partial charge in [0.25, 0.3) is 0 Å². The Hall–Kier alpha value is -3.54. The second kappa shape index (κ2) is 23.7. The highest BCUT2D eigenvalue weighted by atomic mass is 16.5. The molecule has 0 fully saturated rings. The van der Waals surface area contributed by atoms with E-state index in [1.165, 1.54) is 0 Å². The molecule has 21 heteroatoms. The first-order chi connectivity index (χ1) is 22.4. The molecule has 9 N–H and O–H groups in total. The molecule has 0 aromatic rings. The Labute approximate surface area is 275 Å². The molecule has 3 unspecified atom stereocenters. The van der Waals surface area contributed by atoms with Crippen LogP contribution in [0.5, 0.6) is 0 Å². The highest BCUT2D eigenvalue weighted by Crippen LogP contribution is 2.24. The summed E-state index contributed by atoms with van der Waals surface area (Å²) in [6.07, 6.45) is -3.67. The van der Waals surface area contributed by atoms with Crippen molar-refractivity contribution in [1.29, 1.82) is 0 Å². The van der Waals surface area contributed by atoms with Crippen LogP contribution in [0.1, 0.15) is 13.3 Å². The summed E-state index contributed by atoms with van der Waals surface area (Å²) in [5, 5.41) is 85.1. The quantitative estimate of drug-likeness (QED) is 0.0332. The monoisotopic (exact) mass is 701 g/mol. The van der Waals surface area contributed by atoms with Gasteiger partial charge in [-0.1, -0.05) is 6.92 Å². The molecule has 0 aliphatic heterocycles. The number of hydrogen-bond donors (Lipinski definition) is 9. The summed E-state index contributed by atoms with van der Waals surface area (Å²) in [5.74, 6) is -7.85. The molecule has 0 bridgehead atoms. The highest BCUT2D eigenvalue weighted by Gasteiger charge is 2.32. The third-order valence-electron chi connectivity index (χ3n) is 6.47. The van der Waals surface area contributed by atoms with E-state index in [0.29, 0.717) is 0 Å². The van der Waals surface area contributed by atoms with Crippen LogP contribution in [0.25, 0.3) is 0 Å². The molecule has 0 aliphatic carbocycles. The molecule has 48 heavy (non-hydrogen) atoms. The van der Waals surface area contributed by atoms with E-state index in [1.54, 1.807) is 6.92 Å². The van der Waals surface area contributed by atoms with Crippen LogP contribution in [0.15, 0.2) is 0 Å². The molecular formula is C27H47N3O18. The number of aliphatic carboxylic acids is 6. The van der Waals surface area contributed by atoms with E-state index >= 15 is 0 Å². The number of aliphatic hydroxyl groups excluding tert-OH is 3. The van der Waals surface area contributed by atoms with Crippen molar-refractivity contribution in [1.82, 2.24) is 14.7 Å². The molecule has 0 amide bonds. The molecule has 0 saturated carbocycles. The molecule has 0 aromatic carbocycles. The number of nitrogens with zero attached hydrogens (tertiary/aromatic N) is 3. The maximum Gasteiger partial charge on any atom is 0.317 e. The molecule has 278 valence electrons. The van der Waals surface area contributed by atoms with Crippen LogP contribution in [0.4, 0.5) is 0 Å². The van der Waals surface area contributed by atoms with Crippen molar-refractivity contribution in [3.05, 3.63) is 0 Å². The molecule has 3 atom stereocenters. The lowest BCUT2D eigenvalue weighted by Crippen LogP contribution is -2.44. The minimum atomic E-state index is -1.31. The maximum atomic E-state index is 11.0. The molecule has 0 radical (unpaired) electrons. The van der Waals surface area contributed by atoms with Gasteiger partial charge in [0.05, 0.1) is 97.2 Å². The van der Waals surface area contributed by atoms with Gasteiger partial charge in [-0.25, -0.2) is 0 Å². The van der Waals surface area contributed by atoms with Crippen molar-refractivity contribution >= 4 is 35.8 Å². The number of rotatable bonds is 31. The van der Waals surface area contributed by atoms with Crippen LogP contribution in [-0.2, 0) is 43.0 Å². The van der Waals surface area contributed by atoms with Crippen molar-refractivity contribution in [3.8, 4) is 0 Å². The van der Waals surface area contributed by atoms with Gasteiger partial charge in [-0.15, -0.1) is 0 Å². The van der Waals surface area contributed by atoms with Crippen molar-refractivity contribution in [2.45, 2.75) is 31.7 Å². The van der Waals surface area contributed by atoms with E-state index in [1.807, 2.05) is 0 Å². The van der Waals surface area contributed by atoms with Gasteiger partial charge in [-0.3, -0.25) is 43.5 Å². The van der Waals surface area contributed by atoms with E-state index in [-0.39, 0.29) is 65.7 Å². The first-order valence-corrected chi connectivity index (χ1v) is 14.6. The van der Waals surface area contributed by atoms with Crippen LogP contribution in [-0.4, -0.2) is 213 Å². The topological polar surface area (TPSA) is 322 Å². The molecule has 0 rings (SSSR count). The van der Waals surface area contributed by atoms with E-state index in [2.05, 4.69) is 0 Å². The SMILES string of the molecule is CCC(COCC(O)CN(CC(=O)O)CC(=O)O)(COCC(O)CN(CC(=O)O)CC(=O)O)COCC(O)CN(CC(=O)O)CC(=O)O. The Bertz CT molecular complexity index is 860. The second-order valence-corrected chi connectivity index (χ2v) is 11.2. The van der Waals surface area contributed by atoms with Gasteiger partial charge < -0.3 is 60.2 Å². The van der Waals surface area contributed by atoms with Gasteiger partial charge in [0.15, 0.2) is 0 Å². The van der Waals surface area contributed by atoms with E-state index < -0.39 is 98.8 Å². The summed E-state index contributed by atoms with van der Waals surface area (Å²) in [6.45, 7) is -4.92. The van der Waals surface area contributed by atoms with Crippen LogP contribution < -0.4 is 0 Å². The first-order valence-electron chi connectivity index (χ1n) is 14.6. The summed E-state index contributed by atoms with van der Waals surface area (Å²) in [4.78, 5) is 69.2. The lowest BCUT2D eigenvalue weighted by molar-refractivity contribution is -0.144. The maximum absolute atomic E-state index is 11.0. The van der Waals surface area contributed by atoms with Gasteiger partial charge in [0, 0.05) is 25.0 Å². The number of hydrogen-bond acceptors (Lipinski definition) is 15. The molecule has 21 nitrogen and oxygen atoms in total. The third kappa shape index (κ3) is 22.9. The van der Waals surface area contributed by atoms with Crippen LogP contribution in [0.2, 0.25) is 0 Å². The fourth-order valence-electron chi connectivity index (χ4n) is 4.42. The Morgan fingerprint density at radius 1 is 0.479 bits per heavy atom. The Kier molecular flexibility index (Phi) is 22.0. The number of ether oxygens (including phenoxy) is 3. The molecule has 0 heterocycles. The molecule has 0 aliphatic rings. The lowest BCUT2D eigenvalue weighted by Gasteiger charge is -2.33. The predicted molar refractivity (Wildman–Crippen MR) is 158 cm³/mol. The summed E-state index contributed by atoms with van der Waals surface area (Å²) in [7, 11) is 0. The average molecular weight is 702 g/mol. The number of carboxylic acids is 6. The van der Waals surface area contributed by atoms with Gasteiger partial charge in [-0.05, 0) is 6.42 Å². The number of carbonyl (C=O) groups is 6. The zero-order chi connectivity index (χ0) is 36.9. The van der Waals surface area contributed by atoms with E-state index in [9.17, 15) is 44.1 Å². The van der Waals surface area contributed by atoms with Gasteiger partial charge in [-0.2, -0.15) is 0 Å².